The number of alkyl halides is 3. The lowest BCUT2D eigenvalue weighted by molar-refractivity contribution is -0.208. The average Bonchev–Trinajstić information content (AvgIpc) is 3.16. The zero-order chi connectivity index (χ0) is 24.3. The van der Waals surface area contributed by atoms with Gasteiger partial charge in [-0.15, -0.1) is 0 Å². The molecule has 1 aromatic rings. The maximum absolute atomic E-state index is 13.5. The second-order valence-corrected chi connectivity index (χ2v) is 12.8. The van der Waals surface area contributed by atoms with Crippen LogP contribution in [0.15, 0.2) is 30.3 Å². The van der Waals surface area contributed by atoms with Gasteiger partial charge in [0.25, 0.3) is 0 Å². The van der Waals surface area contributed by atoms with Crippen molar-refractivity contribution < 1.29 is 17.9 Å². The molecule has 0 bridgehead atoms. The summed E-state index contributed by atoms with van der Waals surface area (Å²) in [6.45, 7) is 7.31. The van der Waals surface area contributed by atoms with Gasteiger partial charge in [0, 0.05) is 7.11 Å². The van der Waals surface area contributed by atoms with Crippen LogP contribution in [0.4, 0.5) is 13.2 Å². The molecule has 0 spiro atoms. The number of halogens is 3. The van der Waals surface area contributed by atoms with Crippen molar-refractivity contribution in [2.75, 3.05) is 7.11 Å². The second kappa shape index (κ2) is 8.82. The Morgan fingerprint density at radius 1 is 0.882 bits per heavy atom. The number of hydrogen-bond donors (Lipinski definition) is 0. The van der Waals surface area contributed by atoms with Gasteiger partial charge in [-0.2, -0.15) is 13.2 Å². The Labute approximate surface area is 204 Å². The molecule has 1 aromatic carbocycles. The summed E-state index contributed by atoms with van der Waals surface area (Å²) in [6.07, 6.45) is 4.69. The van der Waals surface area contributed by atoms with Gasteiger partial charge in [-0.1, -0.05) is 51.1 Å². The minimum Gasteiger partial charge on any atom is -0.376 e. The lowest BCUT2D eigenvalue weighted by atomic mass is 9.44. The van der Waals surface area contributed by atoms with Gasteiger partial charge in [0.15, 0.2) is 0 Å². The summed E-state index contributed by atoms with van der Waals surface area (Å²) in [7, 11) is 1.85. The van der Waals surface area contributed by atoms with Crippen LogP contribution < -0.4 is 0 Å². The Morgan fingerprint density at radius 2 is 1.56 bits per heavy atom. The molecule has 4 heteroatoms. The largest absolute Gasteiger partial charge is 0.391 e. The Bertz CT molecular complexity index is 852. The number of fused-ring (bicyclic) bond motifs is 5. The smallest absolute Gasteiger partial charge is 0.376 e. The first kappa shape index (κ1) is 24.7. The van der Waals surface area contributed by atoms with Gasteiger partial charge >= 0.3 is 6.18 Å². The van der Waals surface area contributed by atoms with Crippen LogP contribution in [0.2, 0.25) is 0 Å². The summed E-state index contributed by atoms with van der Waals surface area (Å²) in [4.78, 5) is 0. The fourth-order valence-corrected chi connectivity index (χ4v) is 9.97. The molecule has 1 nitrogen and oxygen atoms in total. The van der Waals surface area contributed by atoms with Crippen LogP contribution >= 0.6 is 0 Å². The molecular weight excluding hydrogens is 433 g/mol. The highest BCUT2D eigenvalue weighted by atomic mass is 19.4. The Kier molecular flexibility index (Phi) is 6.39. The van der Waals surface area contributed by atoms with Gasteiger partial charge in [-0.05, 0) is 110 Å². The van der Waals surface area contributed by atoms with E-state index < -0.39 is 12.1 Å². The number of rotatable bonds is 4. The van der Waals surface area contributed by atoms with Gasteiger partial charge in [0.2, 0.25) is 0 Å². The van der Waals surface area contributed by atoms with Crippen molar-refractivity contribution in [1.29, 1.82) is 0 Å². The van der Waals surface area contributed by atoms with Gasteiger partial charge < -0.3 is 4.74 Å². The Hall–Kier alpha value is -1.03. The predicted molar refractivity (Wildman–Crippen MR) is 130 cm³/mol. The fourth-order valence-electron chi connectivity index (χ4n) is 9.97. The first-order valence-corrected chi connectivity index (χ1v) is 13.7. The third-order valence-electron chi connectivity index (χ3n) is 11.7. The first-order valence-electron chi connectivity index (χ1n) is 13.7. The lowest BCUT2D eigenvalue weighted by Crippen LogP contribution is -2.54. The Morgan fingerprint density at radius 3 is 2.24 bits per heavy atom. The van der Waals surface area contributed by atoms with E-state index in [0.29, 0.717) is 47.8 Å². The van der Waals surface area contributed by atoms with Crippen molar-refractivity contribution in [3.05, 3.63) is 35.9 Å². The quantitative estimate of drug-likeness (QED) is 0.422. The van der Waals surface area contributed by atoms with Crippen LogP contribution in [-0.4, -0.2) is 13.3 Å². The van der Waals surface area contributed by atoms with E-state index in [4.69, 9.17) is 4.74 Å². The van der Waals surface area contributed by atoms with E-state index in [9.17, 15) is 13.2 Å². The van der Waals surface area contributed by atoms with Crippen LogP contribution in [0.3, 0.4) is 0 Å². The van der Waals surface area contributed by atoms with E-state index in [1.165, 1.54) is 31.2 Å². The standard InChI is InChI=1S/C30H43F3O/c1-19(27(34-4)20-8-6-5-7-9-20)24-12-13-25-23-11-10-21-18-22(30(31,32)33)14-16-28(21,2)26(23)15-17-29(24,25)3/h5-9,19,21-27H,10-18H2,1-4H3/t19-,21+,22-,23-,24+,25-,26-,27-,28-,29+/m0/s1. The summed E-state index contributed by atoms with van der Waals surface area (Å²) in [6, 6.07) is 10.6. The van der Waals surface area contributed by atoms with Crippen molar-refractivity contribution in [2.45, 2.75) is 90.8 Å². The second-order valence-electron chi connectivity index (χ2n) is 12.8. The van der Waals surface area contributed by atoms with Gasteiger partial charge in [0.1, 0.15) is 0 Å². The molecule has 4 aliphatic carbocycles. The first-order chi connectivity index (χ1) is 16.1. The molecule has 0 amide bonds. The summed E-state index contributed by atoms with van der Waals surface area (Å²) < 4.78 is 46.6. The minimum absolute atomic E-state index is 0.106. The molecule has 0 heterocycles. The Balaban J connectivity index is 1.35. The number of ether oxygens (including phenoxy) is 1. The van der Waals surface area contributed by atoms with Crippen LogP contribution in [0.1, 0.15) is 90.2 Å². The van der Waals surface area contributed by atoms with Crippen molar-refractivity contribution in [3.63, 3.8) is 0 Å². The van der Waals surface area contributed by atoms with Crippen molar-refractivity contribution in [1.82, 2.24) is 0 Å². The van der Waals surface area contributed by atoms with Crippen molar-refractivity contribution >= 4 is 0 Å². The zero-order valence-corrected chi connectivity index (χ0v) is 21.4. The highest BCUT2D eigenvalue weighted by Gasteiger charge is 2.62. The fraction of sp³-hybridized carbons (Fsp3) is 0.800. The molecular formula is C30H43F3O. The lowest BCUT2D eigenvalue weighted by Gasteiger charge is -2.61. The summed E-state index contributed by atoms with van der Waals surface area (Å²) >= 11 is 0. The van der Waals surface area contributed by atoms with E-state index in [2.05, 4.69) is 51.1 Å². The highest BCUT2D eigenvalue weighted by molar-refractivity contribution is 5.19. The van der Waals surface area contributed by atoms with Crippen molar-refractivity contribution in [3.8, 4) is 0 Å². The van der Waals surface area contributed by atoms with E-state index in [1.807, 2.05) is 7.11 Å². The molecule has 10 atom stereocenters. The minimum atomic E-state index is -4.02. The molecule has 190 valence electrons. The molecule has 4 saturated carbocycles. The SMILES string of the molecule is CO[C@H](c1ccccc1)[C@@H](C)[C@H]1CC[C@H]2[C@@H]3CC[C@@H]4C[C@@H](C(F)(F)F)CC[C@]4(C)[C@H]3CC[C@]12C. The molecule has 0 saturated heterocycles. The summed E-state index contributed by atoms with van der Waals surface area (Å²) in [5.41, 5.74) is 1.69. The average molecular weight is 477 g/mol. The van der Waals surface area contributed by atoms with Crippen LogP contribution in [0, 0.1) is 52.3 Å². The van der Waals surface area contributed by atoms with Crippen LogP contribution in [0.25, 0.3) is 0 Å². The number of methoxy groups -OCH3 is 1. The molecule has 4 aliphatic rings. The molecule has 0 aliphatic heterocycles. The van der Waals surface area contributed by atoms with Crippen LogP contribution in [0.5, 0.6) is 0 Å². The van der Waals surface area contributed by atoms with Crippen molar-refractivity contribution in [2.24, 2.45) is 52.3 Å². The maximum atomic E-state index is 13.5. The predicted octanol–water partition coefficient (Wildman–Crippen LogP) is 8.85. The molecule has 4 fully saturated rings. The molecule has 5 rings (SSSR count). The molecule has 0 aromatic heterocycles. The third-order valence-corrected chi connectivity index (χ3v) is 11.7. The normalized spacial score (nSPS) is 44.0. The molecule has 0 unspecified atom stereocenters. The zero-order valence-electron chi connectivity index (χ0n) is 21.4. The van der Waals surface area contributed by atoms with E-state index in [1.54, 1.807) is 0 Å². The monoisotopic (exact) mass is 476 g/mol. The van der Waals surface area contributed by atoms with Gasteiger partial charge in [-0.25, -0.2) is 0 Å². The topological polar surface area (TPSA) is 9.23 Å². The van der Waals surface area contributed by atoms with E-state index in [0.717, 1.165) is 19.3 Å². The summed E-state index contributed by atoms with van der Waals surface area (Å²) in [5.74, 6) is 2.28. The third kappa shape index (κ3) is 3.85. The van der Waals surface area contributed by atoms with E-state index in [-0.39, 0.29) is 17.4 Å². The van der Waals surface area contributed by atoms with Gasteiger partial charge in [-0.3, -0.25) is 0 Å². The molecule has 0 N–H and O–H groups in total. The van der Waals surface area contributed by atoms with Gasteiger partial charge in [0.05, 0.1) is 12.0 Å². The molecule has 34 heavy (non-hydrogen) atoms. The molecule has 0 radical (unpaired) electrons. The maximum Gasteiger partial charge on any atom is 0.391 e. The summed E-state index contributed by atoms with van der Waals surface area (Å²) in [5, 5.41) is 0. The highest BCUT2D eigenvalue weighted by Crippen LogP contribution is 2.69. The van der Waals surface area contributed by atoms with E-state index >= 15 is 0 Å². The number of benzene rings is 1. The van der Waals surface area contributed by atoms with Crippen LogP contribution in [-0.2, 0) is 4.74 Å². The number of hydrogen-bond acceptors (Lipinski definition) is 1.